The minimum Gasteiger partial charge on any atom is -0.468 e. The van der Waals surface area contributed by atoms with Crippen LogP contribution in [0.2, 0.25) is 0 Å². The van der Waals surface area contributed by atoms with E-state index in [1.807, 2.05) is 0 Å². The van der Waals surface area contributed by atoms with E-state index in [-0.39, 0.29) is 18.6 Å². The summed E-state index contributed by atoms with van der Waals surface area (Å²) in [7, 11) is 1.23. The summed E-state index contributed by atoms with van der Waals surface area (Å²) in [5, 5.41) is 2.80. The van der Waals surface area contributed by atoms with Crippen LogP contribution in [-0.4, -0.2) is 35.1 Å². The minimum absolute atomic E-state index is 0.201. The Kier molecular flexibility index (Phi) is 4.09. The van der Waals surface area contributed by atoms with Crippen molar-refractivity contribution in [2.24, 2.45) is 0 Å². The first kappa shape index (κ1) is 13.7. The molecule has 0 radical (unpaired) electrons. The van der Waals surface area contributed by atoms with Gasteiger partial charge in [-0.2, -0.15) is 0 Å². The topological polar surface area (TPSA) is 90.3 Å². The summed E-state index contributed by atoms with van der Waals surface area (Å²) in [5.74, 6) is -1.02. The zero-order chi connectivity index (χ0) is 14.5. The van der Waals surface area contributed by atoms with Crippen molar-refractivity contribution in [3.63, 3.8) is 0 Å². The average molecular weight is 275 g/mol. The van der Waals surface area contributed by atoms with Crippen molar-refractivity contribution in [2.75, 3.05) is 13.7 Å². The van der Waals surface area contributed by atoms with Gasteiger partial charge in [0.25, 0.3) is 5.56 Å². The number of nitrogens with one attached hydrogen (secondary N) is 1. The fourth-order valence-electron chi connectivity index (χ4n) is 1.67. The number of methoxy groups -OCH3 is 1. The maximum Gasteiger partial charge on any atom is 0.325 e. The zero-order valence-electron chi connectivity index (χ0n) is 10.8. The third-order valence-electron chi connectivity index (χ3n) is 2.70. The van der Waals surface area contributed by atoms with Crippen LogP contribution in [0.5, 0.6) is 0 Å². The predicted octanol–water partition coefficient (Wildman–Crippen LogP) is -0.314. The SMILES string of the molecule is COC(=O)CNC(=O)Cn1cnc2ccccc2c1=O. The van der Waals surface area contributed by atoms with Gasteiger partial charge in [-0.25, -0.2) is 4.98 Å². The number of hydrogen-bond donors (Lipinski definition) is 1. The van der Waals surface area contributed by atoms with Crippen LogP contribution < -0.4 is 10.9 Å². The molecule has 0 unspecified atom stereocenters. The van der Waals surface area contributed by atoms with Crippen LogP contribution in [0.15, 0.2) is 35.4 Å². The van der Waals surface area contributed by atoms with Gasteiger partial charge in [0.1, 0.15) is 13.1 Å². The largest absolute Gasteiger partial charge is 0.468 e. The molecule has 2 aromatic rings. The molecular weight excluding hydrogens is 262 g/mol. The fourth-order valence-corrected chi connectivity index (χ4v) is 1.67. The summed E-state index contributed by atoms with van der Waals surface area (Å²) in [4.78, 5) is 38.7. The van der Waals surface area contributed by atoms with E-state index in [0.29, 0.717) is 10.9 Å². The maximum atomic E-state index is 12.1. The number of esters is 1. The van der Waals surface area contributed by atoms with Gasteiger partial charge in [0.15, 0.2) is 0 Å². The molecule has 1 aromatic carbocycles. The van der Waals surface area contributed by atoms with Crippen LogP contribution >= 0.6 is 0 Å². The second-order valence-corrected chi connectivity index (χ2v) is 4.05. The zero-order valence-corrected chi connectivity index (χ0v) is 10.8. The van der Waals surface area contributed by atoms with Crippen molar-refractivity contribution in [3.05, 3.63) is 40.9 Å². The van der Waals surface area contributed by atoms with Crippen molar-refractivity contribution in [1.82, 2.24) is 14.9 Å². The van der Waals surface area contributed by atoms with Gasteiger partial charge in [-0.3, -0.25) is 19.0 Å². The van der Waals surface area contributed by atoms with E-state index < -0.39 is 11.9 Å². The van der Waals surface area contributed by atoms with Gasteiger partial charge in [0.05, 0.1) is 24.3 Å². The van der Waals surface area contributed by atoms with E-state index in [2.05, 4.69) is 15.0 Å². The summed E-state index contributed by atoms with van der Waals surface area (Å²) >= 11 is 0. The Bertz CT molecular complexity index is 708. The highest BCUT2D eigenvalue weighted by Crippen LogP contribution is 2.04. The number of amides is 1. The van der Waals surface area contributed by atoms with Crippen molar-refractivity contribution in [3.8, 4) is 0 Å². The normalized spacial score (nSPS) is 10.2. The lowest BCUT2D eigenvalue weighted by Crippen LogP contribution is -2.35. The number of hydrogen-bond acceptors (Lipinski definition) is 5. The molecule has 0 spiro atoms. The second-order valence-electron chi connectivity index (χ2n) is 4.05. The Labute approximate surface area is 114 Å². The van der Waals surface area contributed by atoms with Crippen LogP contribution in [0.1, 0.15) is 0 Å². The van der Waals surface area contributed by atoms with Gasteiger partial charge in [0, 0.05) is 0 Å². The molecule has 1 N–H and O–H groups in total. The summed E-state index contributed by atoms with van der Waals surface area (Å²) in [5.41, 5.74) is 0.271. The van der Waals surface area contributed by atoms with Crippen LogP contribution in [0.4, 0.5) is 0 Å². The molecule has 104 valence electrons. The summed E-state index contributed by atoms with van der Waals surface area (Å²) in [6, 6.07) is 6.88. The number of ether oxygens (including phenoxy) is 1. The molecule has 0 bridgehead atoms. The lowest BCUT2D eigenvalue weighted by Gasteiger charge is -2.07. The lowest BCUT2D eigenvalue weighted by molar-refractivity contribution is -0.141. The Balaban J connectivity index is 2.14. The van der Waals surface area contributed by atoms with Crippen LogP contribution in [0.3, 0.4) is 0 Å². The number of aromatic nitrogens is 2. The third kappa shape index (κ3) is 3.00. The monoisotopic (exact) mass is 275 g/mol. The number of para-hydroxylation sites is 1. The molecule has 0 saturated heterocycles. The first-order valence-corrected chi connectivity index (χ1v) is 5.89. The molecule has 0 fully saturated rings. The standard InChI is InChI=1S/C13H13N3O4/c1-20-12(18)6-14-11(17)7-16-8-15-10-5-3-2-4-9(10)13(16)19/h2-5,8H,6-7H2,1H3,(H,14,17). The van der Waals surface area contributed by atoms with E-state index in [1.165, 1.54) is 18.0 Å². The lowest BCUT2D eigenvalue weighted by atomic mass is 10.2. The fraction of sp³-hybridized carbons (Fsp3) is 0.231. The van der Waals surface area contributed by atoms with E-state index in [0.717, 1.165) is 0 Å². The molecule has 0 aliphatic carbocycles. The van der Waals surface area contributed by atoms with Crippen LogP contribution in [0.25, 0.3) is 10.9 Å². The summed E-state index contributed by atoms with van der Waals surface area (Å²) in [6.45, 7) is -0.432. The Hall–Kier alpha value is -2.70. The Morgan fingerprint density at radius 2 is 2.10 bits per heavy atom. The number of nitrogens with zero attached hydrogens (tertiary/aromatic N) is 2. The minimum atomic E-state index is -0.553. The van der Waals surface area contributed by atoms with Gasteiger partial charge < -0.3 is 10.1 Å². The van der Waals surface area contributed by atoms with Crippen molar-refractivity contribution < 1.29 is 14.3 Å². The molecule has 0 aliphatic heterocycles. The number of rotatable bonds is 4. The van der Waals surface area contributed by atoms with Gasteiger partial charge in [-0.05, 0) is 12.1 Å². The van der Waals surface area contributed by atoms with E-state index >= 15 is 0 Å². The number of fused-ring (bicyclic) bond motifs is 1. The van der Waals surface area contributed by atoms with E-state index in [1.54, 1.807) is 24.3 Å². The molecule has 2 rings (SSSR count). The number of carbonyl (C=O) groups excluding carboxylic acids is 2. The van der Waals surface area contributed by atoms with Crippen molar-refractivity contribution in [1.29, 1.82) is 0 Å². The maximum absolute atomic E-state index is 12.1. The van der Waals surface area contributed by atoms with Gasteiger partial charge >= 0.3 is 5.97 Å². The van der Waals surface area contributed by atoms with Gasteiger partial charge in [-0.15, -0.1) is 0 Å². The smallest absolute Gasteiger partial charge is 0.325 e. The molecule has 1 aromatic heterocycles. The van der Waals surface area contributed by atoms with Gasteiger partial charge in [-0.1, -0.05) is 12.1 Å². The Morgan fingerprint density at radius 1 is 1.35 bits per heavy atom. The molecule has 0 saturated carbocycles. The molecule has 20 heavy (non-hydrogen) atoms. The number of carbonyl (C=O) groups is 2. The first-order chi connectivity index (χ1) is 9.61. The average Bonchev–Trinajstić information content (AvgIpc) is 2.48. The summed E-state index contributed by atoms with van der Waals surface area (Å²) in [6.07, 6.45) is 1.31. The Morgan fingerprint density at radius 3 is 2.85 bits per heavy atom. The molecule has 0 atom stereocenters. The molecular formula is C13H13N3O4. The quantitative estimate of drug-likeness (QED) is 0.773. The van der Waals surface area contributed by atoms with E-state index in [4.69, 9.17) is 0 Å². The van der Waals surface area contributed by atoms with E-state index in [9.17, 15) is 14.4 Å². The highest BCUT2D eigenvalue weighted by atomic mass is 16.5. The third-order valence-corrected chi connectivity index (χ3v) is 2.70. The summed E-state index contributed by atoms with van der Waals surface area (Å²) < 4.78 is 5.59. The molecule has 1 heterocycles. The predicted molar refractivity (Wildman–Crippen MR) is 71.0 cm³/mol. The highest BCUT2D eigenvalue weighted by molar-refractivity contribution is 5.82. The highest BCUT2D eigenvalue weighted by Gasteiger charge is 2.09. The second kappa shape index (κ2) is 5.96. The van der Waals surface area contributed by atoms with Crippen LogP contribution in [0, 0.1) is 0 Å². The molecule has 1 amide bonds. The molecule has 7 nitrogen and oxygen atoms in total. The van der Waals surface area contributed by atoms with Crippen molar-refractivity contribution >= 4 is 22.8 Å². The van der Waals surface area contributed by atoms with Gasteiger partial charge in [0.2, 0.25) is 5.91 Å². The number of benzene rings is 1. The van der Waals surface area contributed by atoms with Crippen LogP contribution in [-0.2, 0) is 20.9 Å². The first-order valence-electron chi connectivity index (χ1n) is 5.89. The van der Waals surface area contributed by atoms with Crippen molar-refractivity contribution in [2.45, 2.75) is 6.54 Å². The molecule has 7 heteroatoms. The molecule has 0 aliphatic rings.